The average molecular weight is 428 g/mol. The van der Waals surface area contributed by atoms with Gasteiger partial charge < -0.3 is 15.2 Å². The lowest BCUT2D eigenvalue weighted by Crippen LogP contribution is -2.44. The average Bonchev–Trinajstić information content (AvgIpc) is 3.18. The van der Waals surface area contributed by atoms with Gasteiger partial charge in [0.15, 0.2) is 0 Å². The van der Waals surface area contributed by atoms with Gasteiger partial charge in [-0.2, -0.15) is 9.78 Å². The fourth-order valence-electron chi connectivity index (χ4n) is 3.18. The van der Waals surface area contributed by atoms with Gasteiger partial charge in [-0.05, 0) is 18.2 Å². The lowest BCUT2D eigenvalue weighted by atomic mass is 10.1. The van der Waals surface area contributed by atoms with Crippen LogP contribution >= 0.6 is 0 Å². The van der Waals surface area contributed by atoms with Gasteiger partial charge in [-0.1, -0.05) is 24.3 Å². The maximum absolute atomic E-state index is 13.0. The summed E-state index contributed by atoms with van der Waals surface area (Å²) in [7, 11) is 0. The Kier molecular flexibility index (Phi) is 5.83. The molecular weight excluding hydrogens is 410 g/mol. The van der Waals surface area contributed by atoms with Crippen LogP contribution in [0.3, 0.4) is 0 Å². The van der Waals surface area contributed by atoms with Crippen LogP contribution in [0, 0.1) is 0 Å². The minimum Gasteiger partial charge on any atom is -0.388 e. The van der Waals surface area contributed by atoms with Crippen molar-refractivity contribution in [2.24, 2.45) is 0 Å². The number of ether oxygens (including phenoxy) is 1. The Labute approximate surface area is 175 Å². The molecule has 1 amide bonds. The Balaban J connectivity index is 1.79. The van der Waals surface area contributed by atoms with Gasteiger partial charge in [0.05, 0.1) is 42.9 Å². The smallest absolute Gasteiger partial charge is 0.284 e. The van der Waals surface area contributed by atoms with Crippen LogP contribution < -0.4 is 10.9 Å². The van der Waals surface area contributed by atoms with Crippen molar-refractivity contribution in [2.45, 2.75) is 18.6 Å². The molecule has 1 fully saturated rings. The number of halogens is 2. The Morgan fingerprint density at radius 3 is 2.61 bits per heavy atom. The number of alkyl halides is 2. The van der Waals surface area contributed by atoms with Gasteiger partial charge in [-0.15, -0.1) is 0 Å². The summed E-state index contributed by atoms with van der Waals surface area (Å²) >= 11 is 0. The van der Waals surface area contributed by atoms with Crippen molar-refractivity contribution in [2.75, 3.05) is 13.2 Å². The number of aliphatic hydroxyl groups excluding tert-OH is 1. The highest BCUT2D eigenvalue weighted by atomic mass is 19.3. The number of aliphatic hydroxyl groups is 1. The molecule has 1 aliphatic rings. The monoisotopic (exact) mass is 428 g/mol. The highest BCUT2D eigenvalue weighted by molar-refractivity contribution is 5.95. The third-order valence-corrected chi connectivity index (χ3v) is 4.87. The summed E-state index contributed by atoms with van der Waals surface area (Å²) in [6.07, 6.45) is -0.564. The summed E-state index contributed by atoms with van der Waals surface area (Å²) in [5.41, 5.74) is -0.0509. The second kappa shape index (κ2) is 8.70. The molecule has 0 saturated carbocycles. The summed E-state index contributed by atoms with van der Waals surface area (Å²) in [6, 6.07) is 9.25. The fourth-order valence-corrected chi connectivity index (χ4v) is 3.18. The number of nitrogens with one attached hydrogen (secondary N) is 1. The Hall–Kier alpha value is -3.50. The number of pyridine rings is 1. The highest BCUT2D eigenvalue weighted by Gasteiger charge is 2.29. The lowest BCUT2D eigenvalue weighted by molar-refractivity contribution is 0.0884. The van der Waals surface area contributed by atoms with Gasteiger partial charge >= 0.3 is 0 Å². The van der Waals surface area contributed by atoms with Crippen LogP contribution in [0.1, 0.15) is 22.3 Å². The summed E-state index contributed by atoms with van der Waals surface area (Å²) < 4.78 is 31.9. The molecule has 0 unspecified atom stereocenters. The molecule has 2 atom stereocenters. The summed E-state index contributed by atoms with van der Waals surface area (Å²) in [6.45, 7) is 0.208. The van der Waals surface area contributed by atoms with E-state index in [-0.39, 0.29) is 30.0 Å². The van der Waals surface area contributed by atoms with Crippen molar-refractivity contribution < 1.29 is 23.4 Å². The van der Waals surface area contributed by atoms with Crippen molar-refractivity contribution in [3.8, 4) is 16.9 Å². The Bertz CT molecular complexity index is 1140. The Morgan fingerprint density at radius 2 is 2.00 bits per heavy atom. The minimum absolute atomic E-state index is 0.0863. The largest absolute Gasteiger partial charge is 0.388 e. The first-order valence-electron chi connectivity index (χ1n) is 9.44. The molecule has 0 radical (unpaired) electrons. The predicted molar refractivity (Wildman–Crippen MR) is 106 cm³/mol. The molecular formula is C21H18F2N4O4. The van der Waals surface area contributed by atoms with E-state index in [2.05, 4.69) is 15.4 Å². The summed E-state index contributed by atoms with van der Waals surface area (Å²) in [4.78, 5) is 29.8. The van der Waals surface area contributed by atoms with Crippen LogP contribution in [0.5, 0.6) is 0 Å². The van der Waals surface area contributed by atoms with Crippen molar-refractivity contribution in [3.63, 3.8) is 0 Å². The standard InChI is InChI=1S/C21H18F2N4O4/c22-19(23)13-5-3-12(4-6-13)16-8-15(20(29)25-17-10-31-11-18(17)28)21(30)27(26-16)14-2-1-7-24-9-14/h1-9,17-19,28H,10-11H2,(H,25,29)/t17-,18+/m1/s1. The van der Waals surface area contributed by atoms with Crippen LogP contribution in [-0.4, -0.2) is 51.1 Å². The normalized spacial score (nSPS) is 18.3. The van der Waals surface area contributed by atoms with E-state index < -0.39 is 30.0 Å². The second-order valence-corrected chi connectivity index (χ2v) is 6.98. The van der Waals surface area contributed by atoms with E-state index in [4.69, 9.17) is 4.74 Å². The number of nitrogens with zero attached hydrogens (tertiary/aromatic N) is 3. The van der Waals surface area contributed by atoms with E-state index >= 15 is 0 Å². The first-order chi connectivity index (χ1) is 14.9. The number of hydrogen-bond donors (Lipinski definition) is 2. The number of rotatable bonds is 5. The maximum Gasteiger partial charge on any atom is 0.284 e. The molecule has 3 aromatic rings. The van der Waals surface area contributed by atoms with E-state index in [1.165, 1.54) is 42.7 Å². The molecule has 1 saturated heterocycles. The molecule has 160 valence electrons. The number of carbonyl (C=O) groups excluding carboxylic acids is 1. The quantitative estimate of drug-likeness (QED) is 0.641. The van der Waals surface area contributed by atoms with Gasteiger partial charge in [-0.25, -0.2) is 8.78 Å². The van der Waals surface area contributed by atoms with E-state index in [1.807, 2.05) is 0 Å². The summed E-state index contributed by atoms with van der Waals surface area (Å²) in [5, 5.41) is 16.8. The van der Waals surface area contributed by atoms with E-state index in [1.54, 1.807) is 12.1 Å². The number of aromatic nitrogens is 3. The van der Waals surface area contributed by atoms with Gasteiger partial charge in [0.25, 0.3) is 17.9 Å². The highest BCUT2D eigenvalue weighted by Crippen LogP contribution is 2.23. The molecule has 1 aromatic carbocycles. The molecule has 10 heteroatoms. The van der Waals surface area contributed by atoms with Crippen LogP contribution in [0.4, 0.5) is 8.78 Å². The lowest BCUT2D eigenvalue weighted by Gasteiger charge is -2.15. The molecule has 0 bridgehead atoms. The molecule has 2 aromatic heterocycles. The van der Waals surface area contributed by atoms with Crippen molar-refractivity contribution >= 4 is 5.91 Å². The number of benzene rings is 1. The van der Waals surface area contributed by atoms with Crippen LogP contribution in [-0.2, 0) is 4.74 Å². The Morgan fingerprint density at radius 1 is 1.23 bits per heavy atom. The summed E-state index contributed by atoms with van der Waals surface area (Å²) in [5.74, 6) is -0.704. The second-order valence-electron chi connectivity index (χ2n) is 6.98. The van der Waals surface area contributed by atoms with Crippen LogP contribution in [0.2, 0.25) is 0 Å². The zero-order valence-electron chi connectivity index (χ0n) is 16.1. The van der Waals surface area contributed by atoms with E-state index in [0.29, 0.717) is 11.3 Å². The topological polar surface area (TPSA) is 106 Å². The molecule has 4 rings (SSSR count). The first-order valence-corrected chi connectivity index (χ1v) is 9.44. The zero-order chi connectivity index (χ0) is 22.0. The molecule has 1 aliphatic heterocycles. The minimum atomic E-state index is -2.62. The maximum atomic E-state index is 13.0. The van der Waals surface area contributed by atoms with Crippen molar-refractivity contribution in [1.82, 2.24) is 20.1 Å². The van der Waals surface area contributed by atoms with Gasteiger partial charge in [-0.3, -0.25) is 14.6 Å². The van der Waals surface area contributed by atoms with Gasteiger partial charge in [0, 0.05) is 17.3 Å². The SMILES string of the molecule is O=C(N[C@@H]1COC[C@@H]1O)c1cc(-c2ccc(C(F)F)cc2)nn(-c2cccnc2)c1=O. The van der Waals surface area contributed by atoms with Crippen LogP contribution in [0.25, 0.3) is 16.9 Å². The van der Waals surface area contributed by atoms with Gasteiger partial charge in [0.2, 0.25) is 0 Å². The third kappa shape index (κ3) is 4.35. The number of amides is 1. The molecule has 31 heavy (non-hydrogen) atoms. The zero-order valence-corrected chi connectivity index (χ0v) is 16.1. The molecule has 3 heterocycles. The van der Waals surface area contributed by atoms with E-state index in [9.17, 15) is 23.5 Å². The fraction of sp³-hybridized carbons (Fsp3) is 0.238. The van der Waals surface area contributed by atoms with Gasteiger partial charge in [0.1, 0.15) is 5.56 Å². The molecule has 0 spiro atoms. The van der Waals surface area contributed by atoms with Crippen LogP contribution in [0.15, 0.2) is 59.7 Å². The van der Waals surface area contributed by atoms with E-state index in [0.717, 1.165) is 4.68 Å². The van der Waals surface area contributed by atoms with Crippen molar-refractivity contribution in [1.29, 1.82) is 0 Å². The molecule has 8 nitrogen and oxygen atoms in total. The predicted octanol–water partition coefficient (Wildman–Crippen LogP) is 1.72. The third-order valence-electron chi connectivity index (χ3n) is 4.87. The van der Waals surface area contributed by atoms with Crippen molar-refractivity contribution in [3.05, 3.63) is 76.3 Å². The number of hydrogen-bond acceptors (Lipinski definition) is 6. The molecule has 2 N–H and O–H groups in total. The number of carbonyl (C=O) groups is 1. The first kappa shape index (κ1) is 20.8. The molecule has 0 aliphatic carbocycles.